The summed E-state index contributed by atoms with van der Waals surface area (Å²) in [7, 11) is 2.14. The van der Waals surface area contributed by atoms with Crippen LogP contribution in [0.15, 0.2) is 24.5 Å². The number of nitrogens with zero attached hydrogens (tertiary/aromatic N) is 3. The summed E-state index contributed by atoms with van der Waals surface area (Å²) >= 11 is 0. The maximum Gasteiger partial charge on any atom is 0.221 e. The Morgan fingerprint density at radius 2 is 1.95 bits per heavy atom. The van der Waals surface area contributed by atoms with Gasteiger partial charge in [-0.1, -0.05) is 0 Å². The van der Waals surface area contributed by atoms with Gasteiger partial charge in [0.15, 0.2) is 0 Å². The van der Waals surface area contributed by atoms with Gasteiger partial charge < -0.3 is 15.1 Å². The summed E-state index contributed by atoms with van der Waals surface area (Å²) in [5, 5.41) is 2.94. The Morgan fingerprint density at radius 3 is 2.63 bits per heavy atom. The van der Waals surface area contributed by atoms with E-state index in [1.165, 1.54) is 0 Å². The normalized spacial score (nSPS) is 17.3. The summed E-state index contributed by atoms with van der Waals surface area (Å²) in [6.07, 6.45) is 4.06. The minimum absolute atomic E-state index is 0.121. The molecule has 1 aromatic heterocycles. The highest BCUT2D eigenvalue weighted by Gasteiger charge is 2.14. The van der Waals surface area contributed by atoms with Crippen LogP contribution in [0.5, 0.6) is 0 Å². The van der Waals surface area contributed by atoms with Gasteiger partial charge in [0.25, 0.3) is 0 Å². The van der Waals surface area contributed by atoms with Crippen LogP contribution in [0, 0.1) is 0 Å². The third kappa shape index (κ3) is 4.96. The number of pyridine rings is 1. The molecule has 0 atom stereocenters. The number of carbonyl (C=O) groups is 1. The lowest BCUT2D eigenvalue weighted by atomic mass is 10.2. The van der Waals surface area contributed by atoms with Gasteiger partial charge in [0.1, 0.15) is 0 Å². The second-order valence-corrected chi connectivity index (χ2v) is 5.03. The van der Waals surface area contributed by atoms with E-state index in [4.69, 9.17) is 0 Å². The van der Waals surface area contributed by atoms with Gasteiger partial charge in [0.2, 0.25) is 5.91 Å². The summed E-state index contributed by atoms with van der Waals surface area (Å²) < 4.78 is 0. The van der Waals surface area contributed by atoms with Crippen LogP contribution < -0.4 is 5.32 Å². The van der Waals surface area contributed by atoms with E-state index in [0.717, 1.165) is 38.3 Å². The Bertz CT molecular complexity index is 388. The lowest BCUT2D eigenvalue weighted by Gasteiger charge is -2.32. The van der Waals surface area contributed by atoms with E-state index in [2.05, 4.69) is 27.1 Å². The van der Waals surface area contributed by atoms with Crippen molar-refractivity contribution < 1.29 is 4.79 Å². The van der Waals surface area contributed by atoms with Crippen molar-refractivity contribution in [2.24, 2.45) is 0 Å². The Labute approximate surface area is 114 Å². The Kier molecular flexibility index (Phi) is 5.30. The SMILES string of the molecule is CN1CCN(CCC(=O)NCc2ccncc2)CC1. The number of hydrogen-bond donors (Lipinski definition) is 1. The average Bonchev–Trinajstić information content (AvgIpc) is 2.45. The molecule has 2 heterocycles. The van der Waals surface area contributed by atoms with Crippen molar-refractivity contribution in [2.75, 3.05) is 39.8 Å². The number of likely N-dealkylation sites (N-methyl/N-ethyl adjacent to an activating group) is 1. The molecular formula is C14H22N4O. The number of hydrogen-bond acceptors (Lipinski definition) is 4. The molecule has 1 aliphatic heterocycles. The maximum absolute atomic E-state index is 11.8. The minimum Gasteiger partial charge on any atom is -0.352 e. The van der Waals surface area contributed by atoms with Crippen LogP contribution in [0.3, 0.4) is 0 Å². The average molecular weight is 262 g/mol. The monoisotopic (exact) mass is 262 g/mol. The highest BCUT2D eigenvalue weighted by Crippen LogP contribution is 2.00. The molecule has 1 aliphatic rings. The number of rotatable bonds is 5. The van der Waals surface area contributed by atoms with E-state index < -0.39 is 0 Å². The number of aromatic nitrogens is 1. The van der Waals surface area contributed by atoms with Gasteiger partial charge in [-0.05, 0) is 24.7 Å². The molecular weight excluding hydrogens is 240 g/mol. The van der Waals surface area contributed by atoms with Gasteiger partial charge >= 0.3 is 0 Å². The fourth-order valence-electron chi connectivity index (χ4n) is 2.12. The first-order chi connectivity index (χ1) is 9.24. The molecule has 104 valence electrons. The fourth-order valence-corrected chi connectivity index (χ4v) is 2.12. The van der Waals surface area contributed by atoms with Gasteiger partial charge in [-0.3, -0.25) is 9.78 Å². The van der Waals surface area contributed by atoms with Gasteiger partial charge in [-0.2, -0.15) is 0 Å². The minimum atomic E-state index is 0.121. The lowest BCUT2D eigenvalue weighted by molar-refractivity contribution is -0.121. The van der Waals surface area contributed by atoms with Gasteiger partial charge in [-0.25, -0.2) is 0 Å². The first kappa shape index (κ1) is 14.0. The number of amides is 1. The Morgan fingerprint density at radius 1 is 1.26 bits per heavy atom. The van der Waals surface area contributed by atoms with Crippen LogP contribution >= 0.6 is 0 Å². The summed E-state index contributed by atoms with van der Waals surface area (Å²) in [6, 6.07) is 3.83. The summed E-state index contributed by atoms with van der Waals surface area (Å²) in [5.41, 5.74) is 1.09. The van der Waals surface area contributed by atoms with Crippen LogP contribution in [0.4, 0.5) is 0 Å². The molecule has 2 rings (SSSR count). The molecule has 0 bridgehead atoms. The molecule has 19 heavy (non-hydrogen) atoms. The second-order valence-electron chi connectivity index (χ2n) is 5.03. The maximum atomic E-state index is 11.8. The van der Waals surface area contributed by atoms with Crippen molar-refractivity contribution in [3.8, 4) is 0 Å². The first-order valence-electron chi connectivity index (χ1n) is 6.80. The van der Waals surface area contributed by atoms with E-state index in [1.54, 1.807) is 12.4 Å². The predicted octanol–water partition coefficient (Wildman–Crippen LogP) is 0.335. The lowest BCUT2D eigenvalue weighted by Crippen LogP contribution is -2.45. The van der Waals surface area contributed by atoms with E-state index in [9.17, 15) is 4.79 Å². The van der Waals surface area contributed by atoms with Crippen molar-refractivity contribution in [1.82, 2.24) is 20.1 Å². The zero-order valence-corrected chi connectivity index (χ0v) is 11.5. The molecule has 5 nitrogen and oxygen atoms in total. The zero-order valence-electron chi connectivity index (χ0n) is 11.5. The number of nitrogens with one attached hydrogen (secondary N) is 1. The van der Waals surface area contributed by atoms with Gasteiger partial charge in [0.05, 0.1) is 0 Å². The molecule has 1 saturated heterocycles. The summed E-state index contributed by atoms with van der Waals surface area (Å²) in [5.74, 6) is 0.121. The van der Waals surface area contributed by atoms with E-state index in [-0.39, 0.29) is 5.91 Å². The fraction of sp³-hybridized carbons (Fsp3) is 0.571. The van der Waals surface area contributed by atoms with Crippen LogP contribution in [0.1, 0.15) is 12.0 Å². The van der Waals surface area contributed by atoms with Crippen LogP contribution in [0.2, 0.25) is 0 Å². The molecule has 0 unspecified atom stereocenters. The highest BCUT2D eigenvalue weighted by molar-refractivity contribution is 5.76. The molecule has 1 aromatic rings. The molecule has 0 radical (unpaired) electrons. The number of carbonyl (C=O) groups excluding carboxylic acids is 1. The van der Waals surface area contributed by atoms with Crippen molar-refractivity contribution in [2.45, 2.75) is 13.0 Å². The summed E-state index contributed by atoms with van der Waals surface area (Å²) in [6.45, 7) is 5.76. The highest BCUT2D eigenvalue weighted by atomic mass is 16.1. The molecule has 0 aromatic carbocycles. The number of piperazine rings is 1. The smallest absolute Gasteiger partial charge is 0.221 e. The van der Waals surface area contributed by atoms with Crippen molar-refractivity contribution >= 4 is 5.91 Å². The molecule has 0 aliphatic carbocycles. The van der Waals surface area contributed by atoms with Crippen LogP contribution in [0.25, 0.3) is 0 Å². The van der Waals surface area contributed by atoms with Gasteiger partial charge in [-0.15, -0.1) is 0 Å². The van der Waals surface area contributed by atoms with Gasteiger partial charge in [0, 0.05) is 58.1 Å². The predicted molar refractivity (Wildman–Crippen MR) is 74.6 cm³/mol. The zero-order chi connectivity index (χ0) is 13.5. The van der Waals surface area contributed by atoms with E-state index in [1.807, 2.05) is 12.1 Å². The third-order valence-electron chi connectivity index (χ3n) is 3.49. The summed E-state index contributed by atoms with van der Waals surface area (Å²) in [4.78, 5) is 20.4. The standard InChI is InChI=1S/C14H22N4O/c1-17-8-10-18(11-9-17)7-4-14(19)16-12-13-2-5-15-6-3-13/h2-3,5-6H,4,7-12H2,1H3,(H,16,19). The molecule has 1 N–H and O–H groups in total. The first-order valence-corrected chi connectivity index (χ1v) is 6.80. The van der Waals surface area contributed by atoms with Crippen molar-refractivity contribution in [3.63, 3.8) is 0 Å². The quantitative estimate of drug-likeness (QED) is 0.831. The largest absolute Gasteiger partial charge is 0.352 e. The Hall–Kier alpha value is -1.46. The third-order valence-corrected chi connectivity index (χ3v) is 3.49. The molecule has 0 saturated carbocycles. The molecule has 1 fully saturated rings. The van der Waals surface area contributed by atoms with E-state index in [0.29, 0.717) is 13.0 Å². The van der Waals surface area contributed by atoms with Crippen LogP contribution in [-0.4, -0.2) is 60.5 Å². The topological polar surface area (TPSA) is 48.5 Å². The van der Waals surface area contributed by atoms with Crippen LogP contribution in [-0.2, 0) is 11.3 Å². The molecule has 5 heteroatoms. The second kappa shape index (κ2) is 7.21. The van der Waals surface area contributed by atoms with E-state index >= 15 is 0 Å². The molecule has 1 amide bonds. The van der Waals surface area contributed by atoms with Crippen molar-refractivity contribution in [1.29, 1.82) is 0 Å². The Balaban J connectivity index is 1.62. The van der Waals surface area contributed by atoms with Crippen molar-refractivity contribution in [3.05, 3.63) is 30.1 Å². The molecule has 0 spiro atoms.